The second kappa shape index (κ2) is 4.67. The average molecular weight is 231 g/mol. The van der Waals surface area contributed by atoms with Crippen LogP contribution in [0.25, 0.3) is 10.9 Å². The van der Waals surface area contributed by atoms with Gasteiger partial charge in [0, 0.05) is 24.0 Å². The molecule has 0 bridgehead atoms. The van der Waals surface area contributed by atoms with E-state index in [0.717, 1.165) is 16.6 Å². The molecule has 1 heterocycles. The van der Waals surface area contributed by atoms with Crippen molar-refractivity contribution in [1.29, 1.82) is 0 Å². The number of fused-ring (bicyclic) bond motifs is 1. The normalized spacial score (nSPS) is 11.7. The molecule has 0 aliphatic carbocycles. The summed E-state index contributed by atoms with van der Waals surface area (Å²) in [5, 5.41) is 21.6. The van der Waals surface area contributed by atoms with Gasteiger partial charge in [-0.3, -0.25) is 0 Å². The lowest BCUT2D eigenvalue weighted by atomic mass is 9.95. The number of rotatable bonds is 4. The molecule has 0 atom stereocenters. The van der Waals surface area contributed by atoms with Crippen LogP contribution >= 0.6 is 0 Å². The molecule has 0 spiro atoms. The summed E-state index contributed by atoms with van der Waals surface area (Å²) in [6, 6.07) is 7.87. The topological polar surface area (TPSA) is 58.0 Å². The summed E-state index contributed by atoms with van der Waals surface area (Å²) in [5.74, 6) is 0. The molecular formula is C13H17N3O. The van der Waals surface area contributed by atoms with E-state index in [4.69, 9.17) is 0 Å². The third-order valence-electron chi connectivity index (χ3n) is 2.73. The van der Waals surface area contributed by atoms with E-state index >= 15 is 0 Å². The van der Waals surface area contributed by atoms with Gasteiger partial charge in [0.1, 0.15) is 0 Å². The Balaban J connectivity index is 2.24. The Bertz CT molecular complexity index is 505. The van der Waals surface area contributed by atoms with Crippen LogP contribution in [0.5, 0.6) is 0 Å². The van der Waals surface area contributed by atoms with Crippen molar-refractivity contribution in [3.05, 3.63) is 30.5 Å². The Hall–Kier alpha value is -1.68. The molecule has 0 amide bonds. The first-order valence-corrected chi connectivity index (χ1v) is 5.67. The van der Waals surface area contributed by atoms with Gasteiger partial charge in [-0.1, -0.05) is 32.0 Å². The number of anilines is 1. The minimum absolute atomic E-state index is 0.148. The molecule has 1 aromatic carbocycles. The van der Waals surface area contributed by atoms with E-state index in [1.807, 2.05) is 38.1 Å². The van der Waals surface area contributed by atoms with Gasteiger partial charge in [-0.05, 0) is 6.07 Å². The number of nitrogens with zero attached hydrogens (tertiary/aromatic N) is 2. The number of aliphatic hydroxyl groups excluding tert-OH is 1. The number of nitrogens with one attached hydrogen (secondary N) is 1. The van der Waals surface area contributed by atoms with Gasteiger partial charge in [0.2, 0.25) is 0 Å². The van der Waals surface area contributed by atoms with Crippen molar-refractivity contribution in [3.63, 3.8) is 0 Å². The molecule has 90 valence electrons. The lowest BCUT2D eigenvalue weighted by Crippen LogP contribution is -2.26. The van der Waals surface area contributed by atoms with Gasteiger partial charge in [0.25, 0.3) is 0 Å². The van der Waals surface area contributed by atoms with E-state index in [9.17, 15) is 5.11 Å². The number of aromatic nitrogens is 2. The van der Waals surface area contributed by atoms with Gasteiger partial charge in [0.05, 0.1) is 17.4 Å². The van der Waals surface area contributed by atoms with Crippen LogP contribution in [0.15, 0.2) is 30.5 Å². The molecule has 2 N–H and O–H groups in total. The predicted molar refractivity (Wildman–Crippen MR) is 68.9 cm³/mol. The van der Waals surface area contributed by atoms with Crippen molar-refractivity contribution >= 4 is 16.6 Å². The van der Waals surface area contributed by atoms with Crippen molar-refractivity contribution in [3.8, 4) is 0 Å². The molecule has 0 aliphatic rings. The second-order valence-electron chi connectivity index (χ2n) is 4.95. The summed E-state index contributed by atoms with van der Waals surface area (Å²) in [6.45, 7) is 4.86. The number of hydrogen-bond donors (Lipinski definition) is 2. The molecule has 0 saturated heterocycles. The maximum atomic E-state index is 9.22. The van der Waals surface area contributed by atoms with E-state index < -0.39 is 0 Å². The van der Waals surface area contributed by atoms with Gasteiger partial charge in [-0.15, -0.1) is 0 Å². The molecule has 0 aliphatic heterocycles. The lowest BCUT2D eigenvalue weighted by Gasteiger charge is -2.22. The molecule has 0 saturated carbocycles. The fraction of sp³-hybridized carbons (Fsp3) is 0.385. The fourth-order valence-electron chi connectivity index (χ4n) is 1.54. The Labute approximate surface area is 101 Å². The van der Waals surface area contributed by atoms with E-state index in [2.05, 4.69) is 15.5 Å². The quantitative estimate of drug-likeness (QED) is 0.845. The van der Waals surface area contributed by atoms with Crippen LogP contribution in [0, 0.1) is 5.41 Å². The Kier molecular flexibility index (Phi) is 3.24. The highest BCUT2D eigenvalue weighted by Crippen LogP contribution is 2.22. The molecule has 17 heavy (non-hydrogen) atoms. The van der Waals surface area contributed by atoms with Crippen molar-refractivity contribution in [2.75, 3.05) is 18.5 Å². The minimum atomic E-state index is -0.148. The maximum absolute atomic E-state index is 9.22. The summed E-state index contributed by atoms with van der Waals surface area (Å²) in [7, 11) is 0. The zero-order valence-electron chi connectivity index (χ0n) is 10.1. The monoisotopic (exact) mass is 231 g/mol. The highest BCUT2D eigenvalue weighted by molar-refractivity contribution is 5.90. The van der Waals surface area contributed by atoms with E-state index in [-0.39, 0.29) is 12.0 Å². The van der Waals surface area contributed by atoms with E-state index in [0.29, 0.717) is 6.54 Å². The van der Waals surface area contributed by atoms with Crippen LogP contribution in [0.2, 0.25) is 0 Å². The average Bonchev–Trinajstić information content (AvgIpc) is 2.36. The SMILES string of the molecule is CC(C)(CO)CNc1cnnc2ccccc12. The zero-order valence-corrected chi connectivity index (χ0v) is 10.1. The highest BCUT2D eigenvalue weighted by atomic mass is 16.3. The molecule has 2 rings (SSSR count). The van der Waals surface area contributed by atoms with Crippen LogP contribution in [0.4, 0.5) is 5.69 Å². The van der Waals surface area contributed by atoms with Crippen LogP contribution in [-0.2, 0) is 0 Å². The summed E-state index contributed by atoms with van der Waals surface area (Å²) < 4.78 is 0. The van der Waals surface area contributed by atoms with Crippen LogP contribution < -0.4 is 5.32 Å². The highest BCUT2D eigenvalue weighted by Gasteiger charge is 2.16. The number of aliphatic hydroxyl groups is 1. The summed E-state index contributed by atoms with van der Waals surface area (Å²) >= 11 is 0. The summed E-state index contributed by atoms with van der Waals surface area (Å²) in [6.07, 6.45) is 1.72. The van der Waals surface area contributed by atoms with E-state index in [1.165, 1.54) is 0 Å². The largest absolute Gasteiger partial charge is 0.396 e. The molecular weight excluding hydrogens is 214 g/mol. The van der Waals surface area contributed by atoms with Crippen LogP contribution in [0.1, 0.15) is 13.8 Å². The van der Waals surface area contributed by atoms with Gasteiger partial charge in [-0.2, -0.15) is 10.2 Å². The van der Waals surface area contributed by atoms with Crippen molar-refractivity contribution in [2.45, 2.75) is 13.8 Å². The van der Waals surface area contributed by atoms with Gasteiger partial charge < -0.3 is 10.4 Å². The van der Waals surface area contributed by atoms with Crippen molar-refractivity contribution in [1.82, 2.24) is 10.2 Å². The maximum Gasteiger partial charge on any atom is 0.0950 e. The van der Waals surface area contributed by atoms with E-state index in [1.54, 1.807) is 6.20 Å². The van der Waals surface area contributed by atoms with Crippen molar-refractivity contribution < 1.29 is 5.11 Å². The van der Waals surface area contributed by atoms with Gasteiger partial charge in [-0.25, -0.2) is 0 Å². The minimum Gasteiger partial charge on any atom is -0.396 e. The van der Waals surface area contributed by atoms with Gasteiger partial charge in [0.15, 0.2) is 0 Å². The first kappa shape index (κ1) is 11.8. The Morgan fingerprint density at radius 2 is 2.06 bits per heavy atom. The van der Waals surface area contributed by atoms with Gasteiger partial charge >= 0.3 is 0 Å². The standard InChI is InChI=1S/C13H17N3O/c1-13(2,9-17)8-14-12-7-15-16-11-6-4-3-5-10(11)12/h3-7,17H,8-9H2,1-2H3,(H,14,16). The summed E-state index contributed by atoms with van der Waals surface area (Å²) in [4.78, 5) is 0. The molecule has 0 fully saturated rings. The molecule has 1 aromatic heterocycles. The Morgan fingerprint density at radius 3 is 2.82 bits per heavy atom. The molecule has 4 nitrogen and oxygen atoms in total. The molecule has 2 aromatic rings. The number of hydrogen-bond acceptors (Lipinski definition) is 4. The first-order chi connectivity index (χ1) is 8.12. The third-order valence-corrected chi connectivity index (χ3v) is 2.73. The Morgan fingerprint density at radius 1 is 1.29 bits per heavy atom. The first-order valence-electron chi connectivity index (χ1n) is 5.67. The van der Waals surface area contributed by atoms with Crippen LogP contribution in [0.3, 0.4) is 0 Å². The smallest absolute Gasteiger partial charge is 0.0950 e. The van der Waals surface area contributed by atoms with Crippen molar-refractivity contribution in [2.24, 2.45) is 5.41 Å². The van der Waals surface area contributed by atoms with Crippen LogP contribution in [-0.4, -0.2) is 28.5 Å². The predicted octanol–water partition coefficient (Wildman–Crippen LogP) is 2.06. The summed E-state index contributed by atoms with van der Waals surface area (Å²) in [5.41, 5.74) is 1.68. The third kappa shape index (κ3) is 2.71. The number of benzene rings is 1. The molecule has 0 unspecified atom stereocenters. The molecule has 4 heteroatoms. The zero-order chi connectivity index (χ0) is 12.3. The molecule has 0 radical (unpaired) electrons. The second-order valence-corrected chi connectivity index (χ2v) is 4.95. The lowest BCUT2D eigenvalue weighted by molar-refractivity contribution is 0.171. The fourth-order valence-corrected chi connectivity index (χ4v) is 1.54.